The van der Waals surface area contributed by atoms with Gasteiger partial charge in [-0.05, 0) is 37.6 Å². The van der Waals surface area contributed by atoms with E-state index in [1.165, 1.54) is 5.69 Å². The van der Waals surface area contributed by atoms with Gasteiger partial charge in [0.25, 0.3) is 0 Å². The molecule has 0 spiro atoms. The Morgan fingerprint density at radius 3 is 2.79 bits per heavy atom. The first-order valence-corrected chi connectivity index (χ1v) is 7.83. The van der Waals surface area contributed by atoms with Crippen molar-refractivity contribution in [3.63, 3.8) is 0 Å². The quantitative estimate of drug-likeness (QED) is 0.897. The number of benzene rings is 1. The van der Waals surface area contributed by atoms with Crippen LogP contribution in [0.4, 0.5) is 5.69 Å². The molecule has 1 aliphatic rings. The summed E-state index contributed by atoms with van der Waals surface area (Å²) in [5, 5.41) is 3.48. The zero-order chi connectivity index (χ0) is 13.7. The van der Waals surface area contributed by atoms with Crippen molar-refractivity contribution in [1.29, 1.82) is 0 Å². The van der Waals surface area contributed by atoms with Crippen LogP contribution in [0.1, 0.15) is 20.3 Å². The van der Waals surface area contributed by atoms with Crippen LogP contribution in [0.3, 0.4) is 0 Å². The Balaban J connectivity index is 1.78. The molecule has 1 fully saturated rings. The summed E-state index contributed by atoms with van der Waals surface area (Å²) >= 11 is 3.45. The third-order valence-corrected chi connectivity index (χ3v) is 4.15. The minimum Gasteiger partial charge on any atom is -0.384 e. The summed E-state index contributed by atoms with van der Waals surface area (Å²) in [4.78, 5) is 2.54. The predicted molar refractivity (Wildman–Crippen MR) is 83.7 cm³/mol. The molecule has 2 atom stereocenters. The Morgan fingerprint density at radius 1 is 1.37 bits per heavy atom. The van der Waals surface area contributed by atoms with Gasteiger partial charge in [-0.2, -0.15) is 0 Å². The molecule has 1 aromatic carbocycles. The van der Waals surface area contributed by atoms with Crippen LogP contribution in [0, 0.1) is 0 Å². The summed E-state index contributed by atoms with van der Waals surface area (Å²) in [7, 11) is 0. The molecule has 1 aliphatic heterocycles. The van der Waals surface area contributed by atoms with Gasteiger partial charge in [0.05, 0.1) is 12.7 Å². The maximum Gasteiger partial charge on any atom is 0.0674 e. The fourth-order valence-corrected chi connectivity index (χ4v) is 2.74. The average molecular weight is 327 g/mol. The Hall–Kier alpha value is -0.580. The van der Waals surface area contributed by atoms with Gasteiger partial charge in [0.15, 0.2) is 0 Å². The first-order valence-electron chi connectivity index (χ1n) is 7.04. The summed E-state index contributed by atoms with van der Waals surface area (Å²) < 4.78 is 6.84. The predicted octanol–water partition coefficient (Wildman–Crippen LogP) is 3.36. The summed E-state index contributed by atoms with van der Waals surface area (Å²) in [5.74, 6) is 0. The maximum absolute atomic E-state index is 5.72. The molecule has 19 heavy (non-hydrogen) atoms. The van der Waals surface area contributed by atoms with E-state index in [2.05, 4.69) is 64.3 Å². The van der Waals surface area contributed by atoms with Gasteiger partial charge in [-0.25, -0.2) is 0 Å². The monoisotopic (exact) mass is 326 g/mol. The van der Waals surface area contributed by atoms with E-state index in [9.17, 15) is 0 Å². The zero-order valence-corrected chi connectivity index (χ0v) is 13.3. The standard InChI is InChI=1S/C15H23BrN2O/c1-3-15-11-19-12(2)10-18(15)9-8-17-14-6-4-13(16)5-7-14/h4-7,12,15,17H,3,8-11H2,1-2H3. The summed E-state index contributed by atoms with van der Waals surface area (Å²) in [6.45, 7) is 8.35. The summed E-state index contributed by atoms with van der Waals surface area (Å²) in [6.07, 6.45) is 1.51. The van der Waals surface area contributed by atoms with Gasteiger partial charge in [0.1, 0.15) is 0 Å². The van der Waals surface area contributed by atoms with E-state index < -0.39 is 0 Å². The van der Waals surface area contributed by atoms with Gasteiger partial charge in [0.2, 0.25) is 0 Å². The highest BCUT2D eigenvalue weighted by Crippen LogP contribution is 2.16. The van der Waals surface area contributed by atoms with Crippen molar-refractivity contribution in [3.8, 4) is 0 Å². The van der Waals surface area contributed by atoms with E-state index >= 15 is 0 Å². The lowest BCUT2D eigenvalue weighted by Crippen LogP contribution is -2.49. The molecule has 0 radical (unpaired) electrons. The highest BCUT2D eigenvalue weighted by molar-refractivity contribution is 9.10. The molecule has 0 amide bonds. The highest BCUT2D eigenvalue weighted by Gasteiger charge is 2.24. The fourth-order valence-electron chi connectivity index (χ4n) is 2.47. The third-order valence-electron chi connectivity index (χ3n) is 3.62. The first kappa shape index (κ1) is 14.8. The molecular formula is C15H23BrN2O. The van der Waals surface area contributed by atoms with Crippen molar-refractivity contribution in [2.45, 2.75) is 32.4 Å². The number of rotatable bonds is 5. The molecule has 2 rings (SSSR count). The van der Waals surface area contributed by atoms with Gasteiger partial charge in [-0.15, -0.1) is 0 Å². The lowest BCUT2D eigenvalue weighted by molar-refractivity contribution is -0.0541. The van der Waals surface area contributed by atoms with Crippen LogP contribution in [-0.2, 0) is 4.74 Å². The largest absolute Gasteiger partial charge is 0.384 e. The second-order valence-electron chi connectivity index (χ2n) is 5.13. The molecule has 1 N–H and O–H groups in total. The van der Waals surface area contributed by atoms with Crippen LogP contribution in [-0.4, -0.2) is 43.3 Å². The SMILES string of the molecule is CCC1COC(C)CN1CCNc1ccc(Br)cc1. The molecule has 1 heterocycles. The summed E-state index contributed by atoms with van der Waals surface area (Å²) in [6, 6.07) is 8.90. The van der Waals surface area contributed by atoms with Crippen molar-refractivity contribution in [1.82, 2.24) is 4.90 Å². The number of anilines is 1. The third kappa shape index (κ3) is 4.48. The minimum absolute atomic E-state index is 0.357. The van der Waals surface area contributed by atoms with Gasteiger partial charge >= 0.3 is 0 Å². The highest BCUT2D eigenvalue weighted by atomic mass is 79.9. The Bertz CT molecular complexity index is 382. The second kappa shape index (κ2) is 7.27. The zero-order valence-electron chi connectivity index (χ0n) is 11.7. The molecule has 0 aliphatic carbocycles. The molecule has 2 unspecified atom stereocenters. The van der Waals surface area contributed by atoms with Gasteiger partial charge in [0, 0.05) is 35.8 Å². The maximum atomic E-state index is 5.72. The fraction of sp³-hybridized carbons (Fsp3) is 0.600. The lowest BCUT2D eigenvalue weighted by atomic mass is 10.1. The molecule has 106 valence electrons. The van der Waals surface area contributed by atoms with Gasteiger partial charge < -0.3 is 10.1 Å². The van der Waals surface area contributed by atoms with E-state index in [1.54, 1.807) is 0 Å². The minimum atomic E-state index is 0.357. The average Bonchev–Trinajstić information content (AvgIpc) is 2.41. The molecule has 1 aromatic rings. The van der Waals surface area contributed by atoms with E-state index in [-0.39, 0.29) is 0 Å². The van der Waals surface area contributed by atoms with Crippen molar-refractivity contribution in [2.75, 3.05) is 31.6 Å². The van der Waals surface area contributed by atoms with Gasteiger partial charge in [-0.3, -0.25) is 4.90 Å². The van der Waals surface area contributed by atoms with E-state index in [0.29, 0.717) is 12.1 Å². The van der Waals surface area contributed by atoms with Crippen LogP contribution >= 0.6 is 15.9 Å². The first-order chi connectivity index (χ1) is 9.19. The smallest absolute Gasteiger partial charge is 0.0674 e. The van der Waals surface area contributed by atoms with Crippen LogP contribution < -0.4 is 5.32 Å². The van der Waals surface area contributed by atoms with Crippen molar-refractivity contribution >= 4 is 21.6 Å². The van der Waals surface area contributed by atoms with Crippen LogP contribution in [0.2, 0.25) is 0 Å². The number of ether oxygens (including phenoxy) is 1. The topological polar surface area (TPSA) is 24.5 Å². The second-order valence-corrected chi connectivity index (χ2v) is 6.05. The molecule has 1 saturated heterocycles. The van der Waals surface area contributed by atoms with E-state index in [1.807, 2.05) is 0 Å². The van der Waals surface area contributed by atoms with E-state index in [0.717, 1.165) is 37.1 Å². The van der Waals surface area contributed by atoms with Crippen molar-refractivity contribution in [2.24, 2.45) is 0 Å². The number of hydrogen-bond donors (Lipinski definition) is 1. The normalized spacial score (nSPS) is 24.4. The molecular weight excluding hydrogens is 304 g/mol. The Kier molecular flexibility index (Phi) is 5.67. The molecule has 4 heteroatoms. The number of halogens is 1. The molecule has 3 nitrogen and oxygen atoms in total. The molecule has 0 saturated carbocycles. The molecule has 0 aromatic heterocycles. The number of morpholine rings is 1. The van der Waals surface area contributed by atoms with Crippen molar-refractivity contribution < 1.29 is 4.74 Å². The Morgan fingerprint density at radius 2 is 2.11 bits per heavy atom. The Labute approximate surface area is 124 Å². The van der Waals surface area contributed by atoms with Crippen molar-refractivity contribution in [3.05, 3.63) is 28.7 Å². The number of hydrogen-bond acceptors (Lipinski definition) is 3. The summed E-state index contributed by atoms with van der Waals surface area (Å²) in [5.41, 5.74) is 1.18. The number of nitrogens with one attached hydrogen (secondary N) is 1. The van der Waals surface area contributed by atoms with E-state index in [4.69, 9.17) is 4.74 Å². The van der Waals surface area contributed by atoms with Crippen LogP contribution in [0.15, 0.2) is 28.7 Å². The number of nitrogens with zero attached hydrogens (tertiary/aromatic N) is 1. The van der Waals surface area contributed by atoms with Crippen LogP contribution in [0.5, 0.6) is 0 Å². The lowest BCUT2D eigenvalue weighted by Gasteiger charge is -2.38. The van der Waals surface area contributed by atoms with Gasteiger partial charge in [-0.1, -0.05) is 22.9 Å². The van der Waals surface area contributed by atoms with Crippen LogP contribution in [0.25, 0.3) is 0 Å². The molecule has 0 bridgehead atoms.